The molecule has 0 saturated heterocycles. The molecule has 10 heteroatoms. The molecule has 0 fully saturated rings. The lowest BCUT2D eigenvalue weighted by molar-refractivity contribution is -0.140. The van der Waals surface area contributed by atoms with Crippen molar-refractivity contribution < 1.29 is 18.0 Å². The highest BCUT2D eigenvalue weighted by Gasteiger charge is 2.32. The number of carbonyl (C=O) groups excluding carboxylic acids is 2. The maximum atomic E-state index is 14.0. The second kappa shape index (κ2) is 14.1. The molecule has 0 aromatic heterocycles. The Balaban J connectivity index is 2.03. The van der Waals surface area contributed by atoms with Crippen molar-refractivity contribution in [3.8, 4) is 0 Å². The molecule has 3 rings (SSSR count). The van der Waals surface area contributed by atoms with Gasteiger partial charge in [0.15, 0.2) is 0 Å². The summed E-state index contributed by atoms with van der Waals surface area (Å²) >= 11 is 5.61. The fourth-order valence-electron chi connectivity index (χ4n) is 3.97. The number of nitrogens with zero attached hydrogens (tertiary/aromatic N) is 2. The summed E-state index contributed by atoms with van der Waals surface area (Å²) in [5.74, 6) is -0.749. The van der Waals surface area contributed by atoms with E-state index in [0.29, 0.717) is 18.7 Å². The van der Waals surface area contributed by atoms with Crippen molar-refractivity contribution in [1.82, 2.24) is 10.2 Å². The SMILES string of the molecule is CCCNC(=O)[C@H](Cc1ccccc1)N(Cc1cccc(Br)c1)C(=O)CN(c1ccc(I)cc1)S(C)(=O)=O. The Hall–Kier alpha value is -2.44. The molecule has 0 unspecified atom stereocenters. The minimum atomic E-state index is -3.78. The number of amides is 2. The summed E-state index contributed by atoms with van der Waals surface area (Å²) in [6, 6.07) is 23.1. The van der Waals surface area contributed by atoms with Gasteiger partial charge in [0.25, 0.3) is 0 Å². The van der Waals surface area contributed by atoms with Crippen LogP contribution in [-0.4, -0.2) is 50.5 Å². The molecule has 3 aromatic carbocycles. The normalized spacial score (nSPS) is 12.0. The Kier molecular flexibility index (Phi) is 11.2. The lowest BCUT2D eigenvalue weighted by Crippen LogP contribution is -2.53. The van der Waals surface area contributed by atoms with Gasteiger partial charge in [-0.25, -0.2) is 8.42 Å². The van der Waals surface area contributed by atoms with Gasteiger partial charge in [0.2, 0.25) is 21.8 Å². The van der Waals surface area contributed by atoms with E-state index in [2.05, 4.69) is 43.8 Å². The van der Waals surface area contributed by atoms with Gasteiger partial charge in [0, 0.05) is 27.6 Å². The predicted molar refractivity (Wildman–Crippen MR) is 163 cm³/mol. The number of sulfonamides is 1. The van der Waals surface area contributed by atoms with E-state index in [9.17, 15) is 18.0 Å². The van der Waals surface area contributed by atoms with Crippen LogP contribution in [0.1, 0.15) is 24.5 Å². The third-order valence-corrected chi connectivity index (χ3v) is 8.21. The van der Waals surface area contributed by atoms with Gasteiger partial charge in [0.1, 0.15) is 12.6 Å². The molecule has 0 aliphatic heterocycles. The molecule has 0 aliphatic carbocycles. The van der Waals surface area contributed by atoms with Crippen molar-refractivity contribution in [3.63, 3.8) is 0 Å². The molecule has 0 aliphatic rings. The molecule has 3 aromatic rings. The molecule has 7 nitrogen and oxygen atoms in total. The van der Waals surface area contributed by atoms with Crippen molar-refractivity contribution in [2.24, 2.45) is 0 Å². The van der Waals surface area contributed by atoms with E-state index in [1.54, 1.807) is 24.3 Å². The van der Waals surface area contributed by atoms with Gasteiger partial charge < -0.3 is 10.2 Å². The summed E-state index contributed by atoms with van der Waals surface area (Å²) in [7, 11) is -3.78. The summed E-state index contributed by atoms with van der Waals surface area (Å²) in [5.41, 5.74) is 2.10. The van der Waals surface area contributed by atoms with Crippen LogP contribution >= 0.6 is 38.5 Å². The molecule has 38 heavy (non-hydrogen) atoms. The van der Waals surface area contributed by atoms with Crippen molar-refractivity contribution in [2.45, 2.75) is 32.4 Å². The fourth-order valence-corrected chi connectivity index (χ4v) is 5.63. The van der Waals surface area contributed by atoms with Gasteiger partial charge in [-0.05, 0) is 76.5 Å². The molecule has 0 radical (unpaired) electrons. The molecule has 0 heterocycles. The number of rotatable bonds is 12. The Morgan fingerprint density at radius 2 is 1.63 bits per heavy atom. The highest BCUT2D eigenvalue weighted by atomic mass is 127. The second-order valence-corrected chi connectivity index (χ2v) is 13.0. The largest absolute Gasteiger partial charge is 0.354 e. The molecule has 1 atom stereocenters. The maximum absolute atomic E-state index is 14.0. The van der Waals surface area contributed by atoms with E-state index >= 15 is 0 Å². The second-order valence-electron chi connectivity index (χ2n) is 8.89. The van der Waals surface area contributed by atoms with Crippen LogP contribution in [0, 0.1) is 3.57 Å². The summed E-state index contributed by atoms with van der Waals surface area (Å²) in [4.78, 5) is 28.9. The predicted octanol–water partition coefficient (Wildman–Crippen LogP) is 4.99. The Morgan fingerprint density at radius 3 is 2.24 bits per heavy atom. The van der Waals surface area contributed by atoms with Gasteiger partial charge in [-0.2, -0.15) is 0 Å². The van der Waals surface area contributed by atoms with Gasteiger partial charge in [-0.15, -0.1) is 0 Å². The van der Waals surface area contributed by atoms with E-state index in [1.165, 1.54) is 4.90 Å². The van der Waals surface area contributed by atoms with Crippen molar-refractivity contribution in [1.29, 1.82) is 0 Å². The average molecular weight is 712 g/mol. The third kappa shape index (κ3) is 8.81. The van der Waals surface area contributed by atoms with Crippen LogP contribution < -0.4 is 9.62 Å². The van der Waals surface area contributed by atoms with Crippen LogP contribution in [-0.2, 0) is 32.6 Å². The van der Waals surface area contributed by atoms with E-state index in [-0.39, 0.29) is 12.5 Å². The molecule has 2 amide bonds. The first kappa shape index (κ1) is 30.1. The minimum absolute atomic E-state index is 0.139. The van der Waals surface area contributed by atoms with Crippen LogP contribution in [0.2, 0.25) is 0 Å². The highest BCUT2D eigenvalue weighted by Crippen LogP contribution is 2.22. The fraction of sp³-hybridized carbons (Fsp3) is 0.286. The Bertz CT molecular complexity index is 1340. The quantitative estimate of drug-likeness (QED) is 0.269. The van der Waals surface area contributed by atoms with Crippen molar-refractivity contribution >= 4 is 66.0 Å². The lowest BCUT2D eigenvalue weighted by atomic mass is 10.0. The smallest absolute Gasteiger partial charge is 0.244 e. The first-order chi connectivity index (χ1) is 18.1. The summed E-state index contributed by atoms with van der Waals surface area (Å²) < 4.78 is 28.4. The molecular formula is C28H31BrIN3O4S. The van der Waals surface area contributed by atoms with Crippen LogP contribution in [0.15, 0.2) is 83.3 Å². The standard InChI is InChI=1S/C28H31BrIN3O4S/c1-3-16-31-28(35)26(18-21-8-5-4-6-9-21)32(19-22-10-7-11-23(29)17-22)27(34)20-33(38(2,36)37)25-14-12-24(30)13-15-25/h4-15,17,26H,3,16,18-20H2,1-2H3,(H,31,35)/t26-/m0/s1. The number of hydrogen-bond acceptors (Lipinski definition) is 4. The zero-order chi connectivity index (χ0) is 27.7. The number of hydrogen-bond donors (Lipinski definition) is 1. The first-order valence-corrected chi connectivity index (χ1v) is 15.9. The van der Waals surface area contributed by atoms with Crippen molar-refractivity contribution in [3.05, 3.63) is 98.0 Å². The molecule has 202 valence electrons. The molecule has 1 N–H and O–H groups in total. The number of halogens is 2. The maximum Gasteiger partial charge on any atom is 0.244 e. The third-order valence-electron chi connectivity index (χ3n) is 5.86. The summed E-state index contributed by atoms with van der Waals surface area (Å²) in [6.45, 7) is 2.14. The van der Waals surface area contributed by atoms with E-state index in [4.69, 9.17) is 0 Å². The summed E-state index contributed by atoms with van der Waals surface area (Å²) in [6.07, 6.45) is 2.11. The van der Waals surface area contributed by atoms with Crippen LogP contribution in [0.4, 0.5) is 5.69 Å². The van der Waals surface area contributed by atoms with Gasteiger partial charge >= 0.3 is 0 Å². The zero-order valence-electron chi connectivity index (χ0n) is 21.3. The number of nitrogens with one attached hydrogen (secondary N) is 1. The van der Waals surface area contributed by atoms with Gasteiger partial charge in [-0.1, -0.05) is 65.3 Å². The minimum Gasteiger partial charge on any atom is -0.354 e. The van der Waals surface area contributed by atoms with E-state index in [0.717, 1.165) is 36.2 Å². The molecule has 0 saturated carbocycles. The number of carbonyl (C=O) groups is 2. The van der Waals surface area contributed by atoms with Gasteiger partial charge in [-0.3, -0.25) is 13.9 Å². The van der Waals surface area contributed by atoms with Crippen LogP contribution in [0.3, 0.4) is 0 Å². The van der Waals surface area contributed by atoms with Crippen molar-refractivity contribution in [2.75, 3.05) is 23.7 Å². The van der Waals surface area contributed by atoms with E-state index in [1.807, 2.05) is 61.5 Å². The number of benzene rings is 3. The Morgan fingerprint density at radius 1 is 0.974 bits per heavy atom. The molecule has 0 spiro atoms. The highest BCUT2D eigenvalue weighted by molar-refractivity contribution is 14.1. The van der Waals surface area contributed by atoms with Gasteiger partial charge in [0.05, 0.1) is 11.9 Å². The summed E-state index contributed by atoms with van der Waals surface area (Å²) in [5, 5.41) is 2.93. The van der Waals surface area contributed by atoms with E-state index < -0.39 is 28.5 Å². The number of anilines is 1. The van der Waals surface area contributed by atoms with Crippen LogP contribution in [0.5, 0.6) is 0 Å². The monoisotopic (exact) mass is 711 g/mol. The average Bonchev–Trinajstić information content (AvgIpc) is 2.88. The first-order valence-electron chi connectivity index (χ1n) is 12.2. The van der Waals surface area contributed by atoms with Crippen LogP contribution in [0.25, 0.3) is 0 Å². The zero-order valence-corrected chi connectivity index (χ0v) is 25.9. The topological polar surface area (TPSA) is 86.8 Å². The molecular weight excluding hydrogens is 681 g/mol. The Labute approximate surface area is 246 Å². The molecule has 0 bridgehead atoms. The lowest BCUT2D eigenvalue weighted by Gasteiger charge is -2.33.